The number of thioether (sulfide) groups is 1. The lowest BCUT2D eigenvalue weighted by Gasteiger charge is -2.27. The van der Waals surface area contributed by atoms with E-state index in [4.69, 9.17) is 0 Å². The molecule has 2 rings (SSSR count). The maximum atomic E-state index is 13.2. The van der Waals surface area contributed by atoms with E-state index < -0.39 is 6.10 Å². The van der Waals surface area contributed by atoms with Crippen molar-refractivity contribution in [2.75, 3.05) is 0 Å². The molecule has 1 N–H and O–H groups in total. The van der Waals surface area contributed by atoms with Crippen LogP contribution in [0.4, 0.5) is 4.39 Å². The minimum absolute atomic E-state index is 0.180. The fourth-order valence-electron chi connectivity index (χ4n) is 1.59. The summed E-state index contributed by atoms with van der Waals surface area (Å²) >= 11 is 4.86. The Kier molecular flexibility index (Phi) is 2.86. The summed E-state index contributed by atoms with van der Waals surface area (Å²) in [5, 5.41) is 10.1. The molecule has 1 aliphatic rings. The normalized spacial score (nSPS) is 26.0. The minimum atomic E-state index is -0.486. The predicted octanol–water partition coefficient (Wildman–Crippen LogP) is 3.26. The van der Waals surface area contributed by atoms with Gasteiger partial charge in [0.05, 0.1) is 10.6 Å². The lowest BCUT2D eigenvalue weighted by atomic mass is 10.0. The number of halogens is 2. The van der Waals surface area contributed by atoms with Crippen molar-refractivity contribution < 1.29 is 9.50 Å². The van der Waals surface area contributed by atoms with Crippen LogP contribution in [0.2, 0.25) is 0 Å². The van der Waals surface area contributed by atoms with Gasteiger partial charge in [-0.05, 0) is 33.1 Å². The number of aliphatic hydroxyl groups is 1. The molecule has 0 saturated heterocycles. The lowest BCUT2D eigenvalue weighted by Crippen LogP contribution is -2.18. The zero-order chi connectivity index (χ0) is 10.3. The Labute approximate surface area is 94.8 Å². The fourth-order valence-corrected chi connectivity index (χ4v) is 3.35. The van der Waals surface area contributed by atoms with Crippen molar-refractivity contribution in [3.8, 4) is 0 Å². The Balaban J connectivity index is 2.53. The number of hydrogen-bond donors (Lipinski definition) is 1. The molecule has 14 heavy (non-hydrogen) atoms. The molecule has 76 valence electrons. The zero-order valence-corrected chi connectivity index (χ0v) is 10.0. The summed E-state index contributed by atoms with van der Waals surface area (Å²) in [6, 6.07) is 3.07. The first-order chi connectivity index (χ1) is 6.61. The van der Waals surface area contributed by atoms with Gasteiger partial charge in [0, 0.05) is 11.0 Å². The van der Waals surface area contributed by atoms with Crippen molar-refractivity contribution in [3.05, 3.63) is 33.5 Å². The molecule has 1 nitrogen and oxygen atoms in total. The highest BCUT2D eigenvalue weighted by Crippen LogP contribution is 2.40. The number of aliphatic hydroxyl groups excluding tert-OH is 1. The third-order valence-electron chi connectivity index (χ3n) is 2.49. The summed E-state index contributed by atoms with van der Waals surface area (Å²) in [7, 11) is 0. The Hall–Kier alpha value is -0.0600. The van der Waals surface area contributed by atoms with E-state index in [0.29, 0.717) is 4.47 Å². The van der Waals surface area contributed by atoms with Crippen LogP contribution in [0.3, 0.4) is 0 Å². The first-order valence-corrected chi connectivity index (χ1v) is 6.22. The molecule has 2 atom stereocenters. The molecule has 0 amide bonds. The van der Waals surface area contributed by atoms with Crippen LogP contribution < -0.4 is 0 Å². The smallest absolute Gasteiger partial charge is 0.137 e. The van der Waals surface area contributed by atoms with Gasteiger partial charge in [-0.2, -0.15) is 11.8 Å². The van der Waals surface area contributed by atoms with Crippen LogP contribution in [0.25, 0.3) is 0 Å². The molecule has 0 radical (unpaired) electrons. The number of rotatable bonds is 0. The maximum absolute atomic E-state index is 13.2. The third-order valence-corrected chi connectivity index (χ3v) is 4.58. The molecule has 0 bridgehead atoms. The molecule has 0 aromatic heterocycles. The molecule has 1 aromatic rings. The molecule has 0 aliphatic carbocycles. The molecule has 0 fully saturated rings. The second kappa shape index (κ2) is 3.83. The van der Waals surface area contributed by atoms with Gasteiger partial charge in [0.2, 0.25) is 0 Å². The number of fused-ring (bicyclic) bond motifs is 1. The predicted molar refractivity (Wildman–Crippen MR) is 59.8 cm³/mol. The molecule has 2 unspecified atom stereocenters. The van der Waals surface area contributed by atoms with Crippen molar-refractivity contribution in [1.29, 1.82) is 0 Å². The Morgan fingerprint density at radius 3 is 3.00 bits per heavy atom. The van der Waals surface area contributed by atoms with Crippen molar-refractivity contribution in [1.82, 2.24) is 0 Å². The van der Waals surface area contributed by atoms with Crippen LogP contribution in [-0.4, -0.2) is 10.4 Å². The van der Waals surface area contributed by atoms with Crippen LogP contribution in [0.15, 0.2) is 16.6 Å². The van der Waals surface area contributed by atoms with E-state index in [2.05, 4.69) is 15.9 Å². The summed E-state index contributed by atoms with van der Waals surface area (Å²) < 4.78 is 13.7. The quantitative estimate of drug-likeness (QED) is 0.785. The topological polar surface area (TPSA) is 20.2 Å². The van der Waals surface area contributed by atoms with E-state index in [-0.39, 0.29) is 11.1 Å². The van der Waals surface area contributed by atoms with Crippen molar-refractivity contribution in [3.63, 3.8) is 0 Å². The minimum Gasteiger partial charge on any atom is -0.387 e. The summed E-state index contributed by atoms with van der Waals surface area (Å²) in [4.78, 5) is 0. The molecule has 1 aromatic carbocycles. The van der Waals surface area contributed by atoms with Gasteiger partial charge in [0.25, 0.3) is 0 Å². The summed E-state index contributed by atoms with van der Waals surface area (Å²) in [5.41, 5.74) is 1.74. The molecule has 1 aliphatic heterocycles. The van der Waals surface area contributed by atoms with Crippen LogP contribution in [-0.2, 0) is 5.75 Å². The lowest BCUT2D eigenvalue weighted by molar-refractivity contribution is 0.176. The number of benzene rings is 1. The summed E-state index contributed by atoms with van der Waals surface area (Å²) in [6.07, 6.45) is -0.486. The van der Waals surface area contributed by atoms with Crippen molar-refractivity contribution in [2.45, 2.75) is 24.0 Å². The standard InChI is InChI=1S/C10H10BrFOS/c1-5-10(13)6-2-3-8(12)9(11)7(6)4-14-5/h2-3,5,10,13H,4H2,1H3. The second-order valence-electron chi connectivity index (χ2n) is 3.39. The SMILES string of the molecule is CC1SCc2c(ccc(F)c2Br)C1O. The van der Waals surface area contributed by atoms with Gasteiger partial charge < -0.3 is 5.11 Å². The van der Waals surface area contributed by atoms with E-state index >= 15 is 0 Å². The van der Waals surface area contributed by atoms with E-state index in [1.54, 1.807) is 17.8 Å². The number of hydrogen-bond acceptors (Lipinski definition) is 2. The second-order valence-corrected chi connectivity index (χ2v) is 5.55. The summed E-state index contributed by atoms with van der Waals surface area (Å²) in [5.74, 6) is 0.498. The fraction of sp³-hybridized carbons (Fsp3) is 0.400. The van der Waals surface area contributed by atoms with E-state index in [1.807, 2.05) is 6.92 Å². The highest BCUT2D eigenvalue weighted by Gasteiger charge is 2.27. The van der Waals surface area contributed by atoms with Crippen LogP contribution >= 0.6 is 27.7 Å². The van der Waals surface area contributed by atoms with Crippen LogP contribution in [0.5, 0.6) is 0 Å². The van der Waals surface area contributed by atoms with Crippen LogP contribution in [0, 0.1) is 5.82 Å². The average Bonchev–Trinajstić information content (AvgIpc) is 2.17. The van der Waals surface area contributed by atoms with Crippen LogP contribution in [0.1, 0.15) is 24.2 Å². The van der Waals surface area contributed by atoms with Gasteiger partial charge in [-0.15, -0.1) is 0 Å². The Morgan fingerprint density at radius 2 is 2.29 bits per heavy atom. The maximum Gasteiger partial charge on any atom is 0.137 e. The Morgan fingerprint density at radius 1 is 1.57 bits per heavy atom. The molecule has 0 spiro atoms. The van der Waals surface area contributed by atoms with E-state index in [9.17, 15) is 9.50 Å². The molecule has 0 saturated carbocycles. The van der Waals surface area contributed by atoms with Crippen molar-refractivity contribution in [2.24, 2.45) is 0 Å². The highest BCUT2D eigenvalue weighted by molar-refractivity contribution is 9.10. The largest absolute Gasteiger partial charge is 0.387 e. The van der Waals surface area contributed by atoms with Gasteiger partial charge in [-0.3, -0.25) is 0 Å². The molecule has 1 heterocycles. The van der Waals surface area contributed by atoms with Gasteiger partial charge in [-0.25, -0.2) is 4.39 Å². The van der Waals surface area contributed by atoms with Gasteiger partial charge in [-0.1, -0.05) is 13.0 Å². The van der Waals surface area contributed by atoms with Gasteiger partial charge in [0.15, 0.2) is 0 Å². The molecule has 4 heteroatoms. The molecular formula is C10H10BrFOS. The summed E-state index contributed by atoms with van der Waals surface area (Å²) in [6.45, 7) is 1.98. The zero-order valence-electron chi connectivity index (χ0n) is 7.63. The molecular weight excluding hydrogens is 267 g/mol. The van der Waals surface area contributed by atoms with Gasteiger partial charge in [0.1, 0.15) is 5.82 Å². The van der Waals surface area contributed by atoms with E-state index in [1.165, 1.54) is 6.07 Å². The first kappa shape index (κ1) is 10.5. The monoisotopic (exact) mass is 276 g/mol. The van der Waals surface area contributed by atoms with Crippen molar-refractivity contribution >= 4 is 27.7 Å². The van der Waals surface area contributed by atoms with Gasteiger partial charge >= 0.3 is 0 Å². The third kappa shape index (κ3) is 1.59. The average molecular weight is 277 g/mol. The first-order valence-electron chi connectivity index (χ1n) is 4.37. The highest BCUT2D eigenvalue weighted by atomic mass is 79.9. The van der Waals surface area contributed by atoms with E-state index in [0.717, 1.165) is 16.9 Å². The Bertz CT molecular complexity index is 369.